The Balaban J connectivity index is 2.50. The first-order chi connectivity index (χ1) is 7.65. The number of methoxy groups -OCH3 is 1. The Morgan fingerprint density at radius 3 is 3.00 bits per heavy atom. The molecule has 1 aromatic rings. The van der Waals surface area contributed by atoms with Crippen LogP contribution in [0.3, 0.4) is 0 Å². The van der Waals surface area contributed by atoms with Crippen molar-refractivity contribution >= 4 is 11.6 Å². The van der Waals surface area contributed by atoms with Crippen LogP contribution in [0.15, 0.2) is 12.1 Å². The lowest BCUT2D eigenvalue weighted by Crippen LogP contribution is -2.27. The molecule has 0 bridgehead atoms. The maximum atomic E-state index is 13.5. The quantitative estimate of drug-likeness (QED) is 0.793. The predicted octanol–water partition coefficient (Wildman–Crippen LogP) is 1.22. The fourth-order valence-electron chi connectivity index (χ4n) is 1.92. The van der Waals surface area contributed by atoms with Gasteiger partial charge in [0, 0.05) is 24.1 Å². The Bertz CT molecular complexity index is 434. The molecule has 0 saturated carbocycles. The highest BCUT2D eigenvalue weighted by Crippen LogP contribution is 2.35. The monoisotopic (exact) mass is 224 g/mol. The average molecular weight is 224 g/mol. The molecule has 0 spiro atoms. The van der Waals surface area contributed by atoms with Crippen molar-refractivity contribution in [2.24, 2.45) is 5.73 Å². The minimum absolute atomic E-state index is 0.100. The van der Waals surface area contributed by atoms with Crippen LogP contribution in [0.5, 0.6) is 5.75 Å². The van der Waals surface area contributed by atoms with Crippen molar-refractivity contribution in [2.45, 2.75) is 12.3 Å². The largest absolute Gasteiger partial charge is 0.494 e. The summed E-state index contributed by atoms with van der Waals surface area (Å²) < 4.78 is 18.4. The Labute approximate surface area is 92.6 Å². The van der Waals surface area contributed by atoms with Crippen LogP contribution in [-0.2, 0) is 4.79 Å². The van der Waals surface area contributed by atoms with Crippen LogP contribution in [0.1, 0.15) is 17.9 Å². The molecule has 0 aliphatic carbocycles. The minimum Gasteiger partial charge on any atom is -0.494 e. The number of carbonyl (C=O) groups is 1. The molecule has 1 aliphatic rings. The lowest BCUT2D eigenvalue weighted by molar-refractivity contribution is -0.116. The van der Waals surface area contributed by atoms with Gasteiger partial charge in [0.15, 0.2) is 11.6 Å². The van der Waals surface area contributed by atoms with E-state index in [0.29, 0.717) is 18.7 Å². The topological polar surface area (TPSA) is 64.3 Å². The fourth-order valence-corrected chi connectivity index (χ4v) is 1.92. The Morgan fingerprint density at radius 1 is 1.62 bits per heavy atom. The third-order valence-electron chi connectivity index (χ3n) is 2.75. The van der Waals surface area contributed by atoms with Crippen LogP contribution in [0.25, 0.3) is 0 Å². The third kappa shape index (κ3) is 1.74. The van der Waals surface area contributed by atoms with Gasteiger partial charge in [0.2, 0.25) is 5.91 Å². The molecule has 16 heavy (non-hydrogen) atoms. The zero-order chi connectivity index (χ0) is 11.7. The molecule has 1 amide bonds. The van der Waals surface area contributed by atoms with E-state index in [0.717, 1.165) is 5.56 Å². The summed E-state index contributed by atoms with van der Waals surface area (Å²) in [6, 6.07) is 2.87. The van der Waals surface area contributed by atoms with Gasteiger partial charge < -0.3 is 15.8 Å². The van der Waals surface area contributed by atoms with Crippen LogP contribution in [0.4, 0.5) is 10.1 Å². The van der Waals surface area contributed by atoms with E-state index in [9.17, 15) is 9.18 Å². The lowest BCUT2D eigenvalue weighted by atomic mass is 9.90. The Morgan fingerprint density at radius 2 is 2.38 bits per heavy atom. The maximum Gasteiger partial charge on any atom is 0.225 e. The number of fused-ring (bicyclic) bond motifs is 1. The molecule has 5 heteroatoms. The summed E-state index contributed by atoms with van der Waals surface area (Å²) in [5.41, 5.74) is 6.89. The van der Waals surface area contributed by atoms with Gasteiger partial charge in [0.05, 0.1) is 7.11 Å². The van der Waals surface area contributed by atoms with E-state index < -0.39 is 5.82 Å². The fraction of sp³-hybridized carbons (Fsp3) is 0.364. The SMILES string of the molecule is COc1cc2c(cc1F)C(CN)CC(=O)N2. The van der Waals surface area contributed by atoms with Gasteiger partial charge in [-0.3, -0.25) is 4.79 Å². The number of benzene rings is 1. The molecule has 86 valence electrons. The van der Waals surface area contributed by atoms with Crippen LogP contribution in [-0.4, -0.2) is 19.6 Å². The standard InChI is InChI=1S/C11H13FN2O2/c1-16-10-4-9-7(3-8(10)12)6(5-13)2-11(15)14-9/h3-4,6H,2,5,13H2,1H3,(H,14,15). The van der Waals surface area contributed by atoms with E-state index in [-0.39, 0.29) is 17.6 Å². The smallest absolute Gasteiger partial charge is 0.225 e. The number of anilines is 1. The number of hydrogen-bond donors (Lipinski definition) is 2. The molecule has 4 nitrogen and oxygen atoms in total. The molecule has 1 aliphatic heterocycles. The minimum atomic E-state index is -0.434. The zero-order valence-corrected chi connectivity index (χ0v) is 8.92. The third-order valence-corrected chi connectivity index (χ3v) is 2.75. The van der Waals surface area contributed by atoms with Gasteiger partial charge in [0.1, 0.15) is 0 Å². The molecule has 3 N–H and O–H groups in total. The number of halogens is 1. The van der Waals surface area contributed by atoms with Crippen molar-refractivity contribution in [2.75, 3.05) is 19.0 Å². The van der Waals surface area contributed by atoms with E-state index in [1.807, 2.05) is 0 Å². The number of carbonyl (C=O) groups excluding carboxylic acids is 1. The second kappa shape index (κ2) is 4.09. The number of amides is 1. The van der Waals surface area contributed by atoms with Gasteiger partial charge in [-0.1, -0.05) is 0 Å². The number of hydrogen-bond acceptors (Lipinski definition) is 3. The Hall–Kier alpha value is -1.62. The van der Waals surface area contributed by atoms with Crippen LogP contribution < -0.4 is 15.8 Å². The molecule has 0 radical (unpaired) electrons. The van der Waals surface area contributed by atoms with Crippen molar-refractivity contribution in [1.29, 1.82) is 0 Å². The summed E-state index contributed by atoms with van der Waals surface area (Å²) in [5.74, 6) is -0.534. The summed E-state index contributed by atoms with van der Waals surface area (Å²) in [7, 11) is 1.38. The number of nitrogens with one attached hydrogen (secondary N) is 1. The van der Waals surface area contributed by atoms with Gasteiger partial charge in [-0.05, 0) is 18.2 Å². The zero-order valence-electron chi connectivity index (χ0n) is 8.92. The molecule has 0 aromatic heterocycles. The molecule has 0 saturated heterocycles. The summed E-state index contributed by atoms with van der Waals surface area (Å²) >= 11 is 0. The normalized spacial score (nSPS) is 18.9. The summed E-state index contributed by atoms with van der Waals surface area (Å²) in [5, 5.41) is 2.68. The van der Waals surface area contributed by atoms with Gasteiger partial charge in [-0.15, -0.1) is 0 Å². The molecule has 1 unspecified atom stereocenters. The highest BCUT2D eigenvalue weighted by atomic mass is 19.1. The van der Waals surface area contributed by atoms with E-state index in [4.69, 9.17) is 10.5 Å². The van der Waals surface area contributed by atoms with E-state index in [1.165, 1.54) is 19.2 Å². The van der Waals surface area contributed by atoms with E-state index in [2.05, 4.69) is 5.32 Å². The van der Waals surface area contributed by atoms with Crippen molar-refractivity contribution < 1.29 is 13.9 Å². The first-order valence-electron chi connectivity index (χ1n) is 5.03. The molecular formula is C11H13FN2O2. The maximum absolute atomic E-state index is 13.5. The van der Waals surface area contributed by atoms with Crippen molar-refractivity contribution in [3.63, 3.8) is 0 Å². The highest BCUT2D eigenvalue weighted by Gasteiger charge is 2.25. The first kappa shape index (κ1) is 10.9. The van der Waals surface area contributed by atoms with E-state index in [1.54, 1.807) is 0 Å². The van der Waals surface area contributed by atoms with Crippen molar-refractivity contribution in [3.05, 3.63) is 23.5 Å². The molecule has 0 fully saturated rings. The lowest BCUT2D eigenvalue weighted by Gasteiger charge is -2.25. The number of ether oxygens (including phenoxy) is 1. The number of nitrogens with two attached hydrogens (primary N) is 1. The molecule has 1 heterocycles. The molecule has 1 atom stereocenters. The summed E-state index contributed by atoms with van der Waals surface area (Å²) in [6.07, 6.45) is 0.301. The van der Waals surface area contributed by atoms with Crippen molar-refractivity contribution in [3.8, 4) is 5.75 Å². The second-order valence-electron chi connectivity index (χ2n) is 3.76. The first-order valence-corrected chi connectivity index (χ1v) is 5.03. The van der Waals surface area contributed by atoms with Crippen LogP contribution in [0.2, 0.25) is 0 Å². The van der Waals surface area contributed by atoms with Crippen molar-refractivity contribution in [1.82, 2.24) is 0 Å². The number of rotatable bonds is 2. The Kier molecular flexibility index (Phi) is 2.78. The predicted molar refractivity (Wildman–Crippen MR) is 58.0 cm³/mol. The van der Waals surface area contributed by atoms with Crippen LogP contribution >= 0.6 is 0 Å². The molecule has 1 aromatic carbocycles. The molecule has 2 rings (SSSR count). The van der Waals surface area contributed by atoms with Gasteiger partial charge in [-0.2, -0.15) is 0 Å². The summed E-state index contributed by atoms with van der Waals surface area (Å²) in [4.78, 5) is 11.4. The second-order valence-corrected chi connectivity index (χ2v) is 3.76. The van der Waals surface area contributed by atoms with Crippen LogP contribution in [0, 0.1) is 5.82 Å². The molecular weight excluding hydrogens is 211 g/mol. The summed E-state index contributed by atoms with van der Waals surface area (Å²) in [6.45, 7) is 0.326. The van der Waals surface area contributed by atoms with E-state index >= 15 is 0 Å². The average Bonchev–Trinajstić information content (AvgIpc) is 2.28. The van der Waals surface area contributed by atoms with Gasteiger partial charge >= 0.3 is 0 Å². The van der Waals surface area contributed by atoms with Gasteiger partial charge in [0.25, 0.3) is 0 Å². The van der Waals surface area contributed by atoms with Gasteiger partial charge in [-0.25, -0.2) is 4.39 Å². The highest BCUT2D eigenvalue weighted by molar-refractivity contribution is 5.95.